The number of hydrogen-bond donors (Lipinski definition) is 3. The summed E-state index contributed by atoms with van der Waals surface area (Å²) in [7, 11) is -3.81. The number of nitrogens with one attached hydrogen (secondary N) is 3. The number of sulfonamides is 1. The van der Waals surface area contributed by atoms with E-state index >= 15 is 0 Å². The summed E-state index contributed by atoms with van der Waals surface area (Å²) >= 11 is 3.13. The number of esters is 1. The molecule has 0 unspecified atom stereocenters. The van der Waals surface area contributed by atoms with Crippen molar-refractivity contribution in [3.63, 3.8) is 0 Å². The van der Waals surface area contributed by atoms with Crippen molar-refractivity contribution in [3.05, 3.63) is 40.9 Å². The van der Waals surface area contributed by atoms with E-state index in [1.807, 2.05) is 5.32 Å². The van der Waals surface area contributed by atoms with Crippen LogP contribution in [-0.4, -0.2) is 45.5 Å². The second kappa shape index (κ2) is 10.2. The molecule has 27 heavy (non-hydrogen) atoms. The Morgan fingerprint density at radius 1 is 1.30 bits per heavy atom. The molecule has 0 radical (unpaired) electrons. The molecule has 3 N–H and O–H groups in total. The molecule has 0 aliphatic rings. The second-order valence-electron chi connectivity index (χ2n) is 5.54. The zero-order valence-corrected chi connectivity index (χ0v) is 17.1. The molecule has 11 heteroatoms. The Morgan fingerprint density at radius 3 is 2.56 bits per heavy atom. The van der Waals surface area contributed by atoms with Crippen LogP contribution in [0.3, 0.4) is 0 Å². The summed E-state index contributed by atoms with van der Waals surface area (Å²) in [6.07, 6.45) is 1.43. The number of carbonyl (C=O) groups excluding carboxylic acids is 3. The van der Waals surface area contributed by atoms with Crippen molar-refractivity contribution in [2.45, 2.75) is 24.8 Å². The summed E-state index contributed by atoms with van der Waals surface area (Å²) in [6, 6.07) is 2.75. The van der Waals surface area contributed by atoms with Crippen molar-refractivity contribution in [2.24, 2.45) is 0 Å². The average molecular weight is 462 g/mol. The average Bonchev–Trinajstić information content (AvgIpc) is 2.56. The van der Waals surface area contributed by atoms with Gasteiger partial charge in [0.05, 0.1) is 10.5 Å². The van der Waals surface area contributed by atoms with Gasteiger partial charge in [-0.25, -0.2) is 22.7 Å². The highest BCUT2D eigenvalue weighted by atomic mass is 79.9. The van der Waals surface area contributed by atoms with Crippen LogP contribution in [0.2, 0.25) is 0 Å². The van der Waals surface area contributed by atoms with Gasteiger partial charge in [-0.2, -0.15) is 0 Å². The molecule has 0 aliphatic heterocycles. The lowest BCUT2D eigenvalue weighted by Gasteiger charge is -2.12. The molecule has 1 aromatic rings. The first-order valence-electron chi connectivity index (χ1n) is 7.74. The molecule has 0 saturated heterocycles. The third kappa shape index (κ3) is 7.49. The molecule has 3 amide bonds. The van der Waals surface area contributed by atoms with Crippen LogP contribution >= 0.6 is 15.9 Å². The van der Waals surface area contributed by atoms with E-state index in [1.165, 1.54) is 18.2 Å². The van der Waals surface area contributed by atoms with E-state index in [2.05, 4.69) is 32.5 Å². The van der Waals surface area contributed by atoms with E-state index in [-0.39, 0.29) is 23.0 Å². The number of halogens is 1. The van der Waals surface area contributed by atoms with Gasteiger partial charge < -0.3 is 10.1 Å². The minimum Gasteiger partial charge on any atom is -0.452 e. The molecule has 0 fully saturated rings. The lowest BCUT2D eigenvalue weighted by atomic mass is 10.2. The first kappa shape index (κ1) is 22.8. The maximum Gasteiger partial charge on any atom is 0.339 e. The Morgan fingerprint density at radius 2 is 1.96 bits per heavy atom. The van der Waals surface area contributed by atoms with E-state index in [9.17, 15) is 22.8 Å². The number of amides is 3. The number of ether oxygens (including phenoxy) is 1. The van der Waals surface area contributed by atoms with Crippen LogP contribution in [0.5, 0.6) is 0 Å². The Kier molecular flexibility index (Phi) is 8.60. The van der Waals surface area contributed by atoms with Crippen LogP contribution in [-0.2, 0) is 19.6 Å². The van der Waals surface area contributed by atoms with Gasteiger partial charge in [-0.1, -0.05) is 6.08 Å². The van der Waals surface area contributed by atoms with Gasteiger partial charge in [0.25, 0.3) is 5.91 Å². The summed E-state index contributed by atoms with van der Waals surface area (Å²) in [5, 5.41) is 4.28. The van der Waals surface area contributed by atoms with Crippen molar-refractivity contribution in [1.29, 1.82) is 0 Å². The van der Waals surface area contributed by atoms with Crippen LogP contribution in [0.1, 0.15) is 24.2 Å². The van der Waals surface area contributed by atoms with E-state index < -0.39 is 34.5 Å². The van der Waals surface area contributed by atoms with Crippen LogP contribution in [0.15, 0.2) is 40.2 Å². The zero-order chi connectivity index (χ0) is 20.6. The molecule has 1 aromatic carbocycles. The standard InChI is InChI=1S/C16H20BrN3O6S/c1-4-7-18-16(23)19-14(21)9-26-15(22)12-8-11(5-6-13(12)17)27(24,25)20-10(2)3/h4-6,8,10,20H,1,7,9H2,2-3H3,(H2,18,19,21,23). The molecular weight excluding hydrogens is 442 g/mol. The van der Waals surface area contributed by atoms with Crippen LogP contribution in [0, 0.1) is 0 Å². The first-order chi connectivity index (χ1) is 12.6. The molecule has 1 rings (SSSR count). The number of benzene rings is 1. The Labute approximate surface area is 165 Å². The highest BCUT2D eigenvalue weighted by molar-refractivity contribution is 9.10. The van der Waals surface area contributed by atoms with Gasteiger partial charge in [-0.05, 0) is 48.0 Å². The quantitative estimate of drug-likeness (QED) is 0.395. The van der Waals surface area contributed by atoms with Crippen molar-refractivity contribution >= 4 is 43.9 Å². The zero-order valence-electron chi connectivity index (χ0n) is 14.7. The van der Waals surface area contributed by atoms with Gasteiger partial charge in [0.2, 0.25) is 10.0 Å². The Bertz CT molecular complexity index is 839. The topological polar surface area (TPSA) is 131 Å². The molecule has 0 bridgehead atoms. The molecule has 0 spiro atoms. The van der Waals surface area contributed by atoms with Crippen molar-refractivity contribution in [1.82, 2.24) is 15.4 Å². The fourth-order valence-electron chi connectivity index (χ4n) is 1.79. The SMILES string of the molecule is C=CCNC(=O)NC(=O)COC(=O)c1cc(S(=O)(=O)NC(C)C)ccc1Br. The van der Waals surface area contributed by atoms with Crippen LogP contribution < -0.4 is 15.4 Å². The maximum atomic E-state index is 12.2. The third-order valence-electron chi connectivity index (χ3n) is 2.85. The summed E-state index contributed by atoms with van der Waals surface area (Å²) in [6.45, 7) is 6.18. The minimum absolute atomic E-state index is 0.0782. The number of imide groups is 1. The Balaban J connectivity index is 2.80. The Hall–Kier alpha value is -2.24. The van der Waals surface area contributed by atoms with Gasteiger partial charge in [0.1, 0.15) is 0 Å². The third-order valence-corrected chi connectivity index (χ3v) is 5.20. The smallest absolute Gasteiger partial charge is 0.339 e. The lowest BCUT2D eigenvalue weighted by Crippen LogP contribution is -2.41. The molecular formula is C16H20BrN3O6S. The molecule has 0 heterocycles. The maximum absolute atomic E-state index is 12.2. The van der Waals surface area contributed by atoms with Gasteiger partial charge in [-0.15, -0.1) is 6.58 Å². The number of hydrogen-bond acceptors (Lipinski definition) is 6. The molecule has 0 aromatic heterocycles. The number of carbonyl (C=O) groups is 3. The second-order valence-corrected chi connectivity index (χ2v) is 8.11. The largest absolute Gasteiger partial charge is 0.452 e. The predicted molar refractivity (Wildman–Crippen MR) is 102 cm³/mol. The monoisotopic (exact) mass is 461 g/mol. The molecule has 0 saturated carbocycles. The van der Waals surface area contributed by atoms with Crippen molar-refractivity contribution in [2.75, 3.05) is 13.2 Å². The molecule has 9 nitrogen and oxygen atoms in total. The molecule has 0 atom stereocenters. The van der Waals surface area contributed by atoms with Crippen LogP contribution in [0.4, 0.5) is 4.79 Å². The fraction of sp³-hybridized carbons (Fsp3) is 0.312. The summed E-state index contributed by atoms with van der Waals surface area (Å²) in [5.74, 6) is -1.77. The first-order valence-corrected chi connectivity index (χ1v) is 10.0. The van der Waals surface area contributed by atoms with E-state index in [0.717, 1.165) is 6.07 Å². The van der Waals surface area contributed by atoms with E-state index in [1.54, 1.807) is 13.8 Å². The minimum atomic E-state index is -3.81. The van der Waals surface area contributed by atoms with Gasteiger partial charge in [-0.3, -0.25) is 10.1 Å². The fourth-order valence-corrected chi connectivity index (χ4v) is 3.47. The normalized spacial score (nSPS) is 11.0. The highest BCUT2D eigenvalue weighted by Crippen LogP contribution is 2.22. The highest BCUT2D eigenvalue weighted by Gasteiger charge is 2.21. The van der Waals surface area contributed by atoms with Gasteiger partial charge in [0, 0.05) is 17.1 Å². The van der Waals surface area contributed by atoms with E-state index in [0.29, 0.717) is 4.47 Å². The summed E-state index contributed by atoms with van der Waals surface area (Å²) < 4.78 is 31.9. The van der Waals surface area contributed by atoms with E-state index in [4.69, 9.17) is 4.74 Å². The molecule has 0 aliphatic carbocycles. The van der Waals surface area contributed by atoms with Gasteiger partial charge in [0.15, 0.2) is 6.61 Å². The summed E-state index contributed by atoms with van der Waals surface area (Å²) in [5.41, 5.74) is -0.0782. The van der Waals surface area contributed by atoms with Crippen molar-refractivity contribution < 1.29 is 27.5 Å². The van der Waals surface area contributed by atoms with Crippen molar-refractivity contribution in [3.8, 4) is 0 Å². The molecule has 148 valence electrons. The van der Waals surface area contributed by atoms with Crippen LogP contribution in [0.25, 0.3) is 0 Å². The summed E-state index contributed by atoms with van der Waals surface area (Å²) in [4.78, 5) is 34.9. The predicted octanol–water partition coefficient (Wildman–Crippen LogP) is 1.30. The number of rotatable bonds is 8. The number of urea groups is 1. The van der Waals surface area contributed by atoms with Gasteiger partial charge >= 0.3 is 12.0 Å². The lowest BCUT2D eigenvalue weighted by molar-refractivity contribution is -0.123.